The van der Waals surface area contributed by atoms with Crippen molar-refractivity contribution in [2.75, 3.05) is 25.5 Å². The Hall–Kier alpha value is -3.02. The second-order valence-electron chi connectivity index (χ2n) is 8.75. The van der Waals surface area contributed by atoms with Crippen LogP contribution in [-0.4, -0.2) is 43.0 Å². The molecule has 1 atom stereocenters. The van der Waals surface area contributed by atoms with Crippen LogP contribution in [0, 0.1) is 12.8 Å². The molecule has 1 N–H and O–H groups in total. The monoisotopic (exact) mass is 438 g/mol. The smallest absolute Gasteiger partial charge is 0.263 e. The van der Waals surface area contributed by atoms with E-state index in [4.69, 9.17) is 9.47 Å². The van der Waals surface area contributed by atoms with Crippen molar-refractivity contribution in [1.29, 1.82) is 0 Å². The number of methoxy groups -OCH3 is 1. The summed E-state index contributed by atoms with van der Waals surface area (Å²) in [7, 11) is 1.58. The predicted molar refractivity (Wildman–Crippen MR) is 126 cm³/mol. The minimum atomic E-state index is -0.576. The number of carbonyl (C=O) groups is 2. The SMILES string of the molecule is COc1ccccc1NC(=O)C1CCN(C(=O)C(C)Oc2cc(C)ccc2C(C)C)CC1. The fourth-order valence-electron chi connectivity index (χ4n) is 4.06. The highest BCUT2D eigenvalue weighted by atomic mass is 16.5. The van der Waals surface area contributed by atoms with Gasteiger partial charge >= 0.3 is 0 Å². The van der Waals surface area contributed by atoms with E-state index in [1.807, 2.05) is 42.2 Å². The molecule has 0 aliphatic carbocycles. The van der Waals surface area contributed by atoms with Gasteiger partial charge in [-0.25, -0.2) is 0 Å². The zero-order valence-corrected chi connectivity index (χ0v) is 19.7. The van der Waals surface area contributed by atoms with Crippen LogP contribution in [0.3, 0.4) is 0 Å². The van der Waals surface area contributed by atoms with Gasteiger partial charge in [-0.3, -0.25) is 9.59 Å². The van der Waals surface area contributed by atoms with Gasteiger partial charge < -0.3 is 19.7 Å². The maximum Gasteiger partial charge on any atom is 0.263 e. The van der Waals surface area contributed by atoms with E-state index in [-0.39, 0.29) is 17.7 Å². The van der Waals surface area contributed by atoms with Crippen LogP contribution in [0.1, 0.15) is 50.7 Å². The molecule has 6 heteroatoms. The van der Waals surface area contributed by atoms with Crippen LogP contribution in [0.2, 0.25) is 0 Å². The van der Waals surface area contributed by atoms with Crippen LogP contribution >= 0.6 is 0 Å². The van der Waals surface area contributed by atoms with Gasteiger partial charge in [0.2, 0.25) is 5.91 Å². The van der Waals surface area contributed by atoms with Crippen LogP contribution < -0.4 is 14.8 Å². The second kappa shape index (κ2) is 10.5. The maximum absolute atomic E-state index is 13.0. The van der Waals surface area contributed by atoms with Crippen LogP contribution in [-0.2, 0) is 9.59 Å². The average molecular weight is 439 g/mol. The molecule has 32 heavy (non-hydrogen) atoms. The number of amides is 2. The predicted octanol–water partition coefficient (Wildman–Crippen LogP) is 4.77. The molecule has 0 spiro atoms. The van der Waals surface area contributed by atoms with Crippen molar-refractivity contribution in [2.24, 2.45) is 5.92 Å². The normalized spacial score (nSPS) is 15.4. The number of benzene rings is 2. The third-order valence-corrected chi connectivity index (χ3v) is 5.98. The van der Waals surface area contributed by atoms with E-state index in [2.05, 4.69) is 31.3 Å². The molecule has 0 saturated carbocycles. The van der Waals surface area contributed by atoms with Crippen molar-refractivity contribution in [1.82, 2.24) is 4.90 Å². The first-order chi connectivity index (χ1) is 15.3. The van der Waals surface area contributed by atoms with Crippen molar-refractivity contribution in [3.8, 4) is 11.5 Å². The molecule has 1 fully saturated rings. The molecule has 0 aromatic heterocycles. The molecule has 1 aliphatic heterocycles. The third kappa shape index (κ3) is 5.61. The fraction of sp³-hybridized carbons (Fsp3) is 0.462. The van der Waals surface area contributed by atoms with Gasteiger partial charge in [0, 0.05) is 19.0 Å². The maximum atomic E-state index is 13.0. The van der Waals surface area contributed by atoms with E-state index in [1.165, 1.54) is 0 Å². The van der Waals surface area contributed by atoms with E-state index in [0.717, 1.165) is 16.9 Å². The van der Waals surface area contributed by atoms with Gasteiger partial charge in [-0.2, -0.15) is 0 Å². The van der Waals surface area contributed by atoms with Gasteiger partial charge in [-0.15, -0.1) is 0 Å². The molecule has 0 bridgehead atoms. The van der Waals surface area contributed by atoms with Gasteiger partial charge in [0.15, 0.2) is 6.10 Å². The summed E-state index contributed by atoms with van der Waals surface area (Å²) in [6, 6.07) is 13.5. The Kier molecular flexibility index (Phi) is 7.78. The summed E-state index contributed by atoms with van der Waals surface area (Å²) in [6.07, 6.45) is 0.677. The quantitative estimate of drug-likeness (QED) is 0.676. The van der Waals surface area contributed by atoms with E-state index >= 15 is 0 Å². The molecule has 6 nitrogen and oxygen atoms in total. The Morgan fingerprint density at radius 3 is 2.38 bits per heavy atom. The molecule has 1 aliphatic rings. The average Bonchev–Trinajstić information content (AvgIpc) is 2.78. The second-order valence-corrected chi connectivity index (χ2v) is 8.75. The van der Waals surface area contributed by atoms with Gasteiger partial charge in [-0.1, -0.05) is 38.1 Å². The zero-order chi connectivity index (χ0) is 23.3. The molecule has 0 radical (unpaired) electrons. The Morgan fingerprint density at radius 1 is 1.03 bits per heavy atom. The molecule has 3 rings (SSSR count). The van der Waals surface area contributed by atoms with Crippen LogP contribution in [0.5, 0.6) is 11.5 Å². The lowest BCUT2D eigenvalue weighted by atomic mass is 9.95. The number of anilines is 1. The zero-order valence-electron chi connectivity index (χ0n) is 19.7. The number of ether oxygens (including phenoxy) is 2. The summed E-state index contributed by atoms with van der Waals surface area (Å²) in [6.45, 7) is 9.14. The lowest BCUT2D eigenvalue weighted by Gasteiger charge is -2.33. The number of para-hydroxylation sites is 2. The summed E-state index contributed by atoms with van der Waals surface area (Å²) in [5, 5.41) is 2.96. The minimum Gasteiger partial charge on any atom is -0.495 e. The number of hydrogen-bond acceptors (Lipinski definition) is 4. The number of rotatable bonds is 7. The van der Waals surface area contributed by atoms with Crippen molar-refractivity contribution in [3.05, 3.63) is 53.6 Å². The number of nitrogens with one attached hydrogen (secondary N) is 1. The Bertz CT molecular complexity index is 949. The first-order valence-corrected chi connectivity index (χ1v) is 11.3. The largest absolute Gasteiger partial charge is 0.495 e. The van der Waals surface area contributed by atoms with Crippen molar-refractivity contribution in [3.63, 3.8) is 0 Å². The number of hydrogen-bond donors (Lipinski definition) is 1. The van der Waals surface area contributed by atoms with E-state index in [0.29, 0.717) is 43.3 Å². The molecule has 2 aromatic rings. The number of piperidine rings is 1. The first-order valence-electron chi connectivity index (χ1n) is 11.3. The number of likely N-dealkylation sites (tertiary alicyclic amines) is 1. The van der Waals surface area contributed by atoms with Gasteiger partial charge in [0.1, 0.15) is 11.5 Å². The Labute approximate surface area is 190 Å². The lowest BCUT2D eigenvalue weighted by Crippen LogP contribution is -2.46. The molecular weight excluding hydrogens is 404 g/mol. The Morgan fingerprint density at radius 2 is 1.72 bits per heavy atom. The molecular formula is C26H34N2O4. The van der Waals surface area contributed by atoms with Gasteiger partial charge in [-0.05, 0) is 61.9 Å². The van der Waals surface area contributed by atoms with Crippen LogP contribution in [0.4, 0.5) is 5.69 Å². The number of aryl methyl sites for hydroxylation is 1. The summed E-state index contributed by atoms with van der Waals surface area (Å²) in [5.41, 5.74) is 2.87. The van der Waals surface area contributed by atoms with E-state index in [9.17, 15) is 9.59 Å². The van der Waals surface area contributed by atoms with Crippen LogP contribution in [0.25, 0.3) is 0 Å². The van der Waals surface area contributed by atoms with Gasteiger partial charge in [0.25, 0.3) is 5.91 Å². The fourth-order valence-corrected chi connectivity index (χ4v) is 4.06. The molecule has 172 valence electrons. The van der Waals surface area contributed by atoms with Gasteiger partial charge in [0.05, 0.1) is 12.8 Å². The molecule has 2 amide bonds. The molecule has 2 aromatic carbocycles. The molecule has 1 heterocycles. The molecule has 1 saturated heterocycles. The molecule has 1 unspecified atom stereocenters. The topological polar surface area (TPSA) is 67.9 Å². The highest BCUT2D eigenvalue weighted by Crippen LogP contribution is 2.29. The minimum absolute atomic E-state index is 0.0350. The van der Waals surface area contributed by atoms with Crippen molar-refractivity contribution >= 4 is 17.5 Å². The van der Waals surface area contributed by atoms with Crippen LogP contribution in [0.15, 0.2) is 42.5 Å². The third-order valence-electron chi connectivity index (χ3n) is 5.98. The van der Waals surface area contributed by atoms with E-state index in [1.54, 1.807) is 14.0 Å². The Balaban J connectivity index is 1.56. The summed E-state index contributed by atoms with van der Waals surface area (Å²) < 4.78 is 11.4. The lowest BCUT2D eigenvalue weighted by molar-refractivity contribution is -0.140. The van der Waals surface area contributed by atoms with Crippen molar-refractivity contribution < 1.29 is 19.1 Å². The number of nitrogens with zero attached hydrogens (tertiary/aromatic N) is 1. The summed E-state index contributed by atoms with van der Waals surface area (Å²) in [4.78, 5) is 27.5. The summed E-state index contributed by atoms with van der Waals surface area (Å²) in [5.74, 6) is 1.51. The highest BCUT2D eigenvalue weighted by Gasteiger charge is 2.30. The number of carbonyl (C=O) groups excluding carboxylic acids is 2. The van der Waals surface area contributed by atoms with E-state index < -0.39 is 6.10 Å². The highest BCUT2D eigenvalue weighted by molar-refractivity contribution is 5.94. The summed E-state index contributed by atoms with van der Waals surface area (Å²) >= 11 is 0. The van der Waals surface area contributed by atoms with Crippen molar-refractivity contribution in [2.45, 2.75) is 52.6 Å². The first kappa shape index (κ1) is 23.6. The standard InChI is InChI=1S/C26H34N2O4/c1-17(2)21-11-10-18(3)16-24(21)32-19(4)26(30)28-14-12-20(13-15-28)25(29)27-22-8-6-7-9-23(22)31-5/h6-11,16-17,19-20H,12-15H2,1-5H3,(H,27,29).